The number of para-hydroxylation sites is 1. The highest BCUT2D eigenvalue weighted by Gasteiger charge is 2.18. The molecular formula is C24H18N4O4. The summed E-state index contributed by atoms with van der Waals surface area (Å²) in [6.07, 6.45) is 1.49. The number of fused-ring (bicyclic) bond motifs is 2. The fraction of sp³-hybridized carbons (Fsp3) is 0.0833. The van der Waals surface area contributed by atoms with Gasteiger partial charge in [-0.25, -0.2) is 10.4 Å². The monoisotopic (exact) mass is 426 g/mol. The molecule has 0 saturated carbocycles. The van der Waals surface area contributed by atoms with Gasteiger partial charge in [0.15, 0.2) is 11.5 Å². The zero-order chi connectivity index (χ0) is 21.9. The molecule has 0 unspecified atom stereocenters. The summed E-state index contributed by atoms with van der Waals surface area (Å²) in [6, 6.07) is 21.7. The second-order valence-electron chi connectivity index (χ2n) is 7.14. The highest BCUT2D eigenvalue weighted by atomic mass is 16.7. The van der Waals surface area contributed by atoms with Gasteiger partial charge in [-0.2, -0.15) is 5.10 Å². The molecule has 0 radical (unpaired) electrons. The van der Waals surface area contributed by atoms with Crippen molar-refractivity contribution >= 4 is 23.0 Å². The number of nitrogens with one attached hydrogen (secondary N) is 1. The Morgan fingerprint density at radius 3 is 2.69 bits per heavy atom. The minimum Gasteiger partial charge on any atom is -0.454 e. The molecule has 8 heteroatoms. The molecule has 0 spiro atoms. The van der Waals surface area contributed by atoms with E-state index in [2.05, 4.69) is 15.5 Å². The van der Waals surface area contributed by atoms with E-state index >= 15 is 0 Å². The van der Waals surface area contributed by atoms with Gasteiger partial charge in [-0.3, -0.25) is 14.2 Å². The van der Waals surface area contributed by atoms with E-state index < -0.39 is 5.91 Å². The van der Waals surface area contributed by atoms with E-state index in [-0.39, 0.29) is 24.7 Å². The third kappa shape index (κ3) is 3.81. The minimum atomic E-state index is -0.583. The van der Waals surface area contributed by atoms with Crippen molar-refractivity contribution < 1.29 is 14.3 Å². The molecule has 0 saturated heterocycles. The lowest BCUT2D eigenvalue weighted by Gasteiger charge is -2.12. The zero-order valence-electron chi connectivity index (χ0n) is 16.9. The molecule has 2 heterocycles. The summed E-state index contributed by atoms with van der Waals surface area (Å²) in [5.41, 5.74) is 4.24. The number of ether oxygens (including phenoxy) is 2. The average molecular weight is 426 g/mol. The van der Waals surface area contributed by atoms with Crippen molar-refractivity contribution in [3.05, 3.63) is 100 Å². The SMILES string of the molecule is O=C(N/N=C\c1ccc2c(c1)OCO2)c1nc2ccccc2c(=O)n1Cc1ccccc1. The summed E-state index contributed by atoms with van der Waals surface area (Å²) in [4.78, 5) is 30.5. The van der Waals surface area contributed by atoms with Gasteiger partial charge in [0.05, 0.1) is 23.7 Å². The molecule has 8 nitrogen and oxygen atoms in total. The van der Waals surface area contributed by atoms with Gasteiger partial charge >= 0.3 is 5.91 Å². The van der Waals surface area contributed by atoms with Crippen molar-refractivity contribution in [2.24, 2.45) is 5.10 Å². The number of nitrogens with zero attached hydrogens (tertiary/aromatic N) is 3. The Bertz CT molecular complexity index is 1400. The topological polar surface area (TPSA) is 94.8 Å². The van der Waals surface area contributed by atoms with Crippen molar-refractivity contribution in [1.82, 2.24) is 15.0 Å². The van der Waals surface area contributed by atoms with Gasteiger partial charge < -0.3 is 9.47 Å². The first-order chi connectivity index (χ1) is 15.7. The fourth-order valence-electron chi connectivity index (χ4n) is 3.46. The Hall–Kier alpha value is -4.46. The Morgan fingerprint density at radius 1 is 1.03 bits per heavy atom. The number of aromatic nitrogens is 2. The second kappa shape index (κ2) is 8.35. The van der Waals surface area contributed by atoms with Crippen molar-refractivity contribution in [2.45, 2.75) is 6.54 Å². The molecule has 0 bridgehead atoms. The third-order valence-electron chi connectivity index (χ3n) is 5.02. The lowest BCUT2D eigenvalue weighted by atomic mass is 10.2. The molecular weight excluding hydrogens is 408 g/mol. The maximum absolute atomic E-state index is 13.1. The molecule has 4 aromatic rings. The fourth-order valence-corrected chi connectivity index (χ4v) is 3.46. The lowest BCUT2D eigenvalue weighted by Crippen LogP contribution is -2.32. The van der Waals surface area contributed by atoms with Crippen LogP contribution >= 0.6 is 0 Å². The summed E-state index contributed by atoms with van der Waals surface area (Å²) in [5.74, 6) is 0.686. The van der Waals surface area contributed by atoms with Gasteiger partial charge in [-0.05, 0) is 41.5 Å². The average Bonchev–Trinajstić information content (AvgIpc) is 3.29. The molecule has 1 aliphatic rings. The van der Waals surface area contributed by atoms with Crippen LogP contribution in [0.2, 0.25) is 0 Å². The molecule has 0 fully saturated rings. The Morgan fingerprint density at radius 2 is 1.81 bits per heavy atom. The summed E-state index contributed by atoms with van der Waals surface area (Å²) < 4.78 is 12.0. The first-order valence-electron chi connectivity index (χ1n) is 9.95. The van der Waals surface area contributed by atoms with Gasteiger partial charge in [-0.1, -0.05) is 42.5 Å². The van der Waals surface area contributed by atoms with Crippen LogP contribution in [0.25, 0.3) is 10.9 Å². The first-order valence-corrected chi connectivity index (χ1v) is 9.95. The molecule has 1 aromatic heterocycles. The lowest BCUT2D eigenvalue weighted by molar-refractivity contribution is 0.0939. The number of carbonyl (C=O) groups excluding carboxylic acids is 1. The summed E-state index contributed by atoms with van der Waals surface area (Å²) in [6.45, 7) is 0.394. The van der Waals surface area contributed by atoms with Crippen LogP contribution in [0, 0.1) is 0 Å². The Balaban J connectivity index is 1.46. The summed E-state index contributed by atoms with van der Waals surface area (Å²) in [7, 11) is 0. The number of benzene rings is 3. The van der Waals surface area contributed by atoms with Crippen LogP contribution in [0.1, 0.15) is 21.7 Å². The second-order valence-corrected chi connectivity index (χ2v) is 7.14. The number of carbonyl (C=O) groups is 1. The normalized spacial score (nSPS) is 12.4. The van der Waals surface area contributed by atoms with Crippen LogP contribution in [0.3, 0.4) is 0 Å². The molecule has 1 N–H and O–H groups in total. The van der Waals surface area contributed by atoms with Crippen molar-refractivity contribution in [3.63, 3.8) is 0 Å². The number of amides is 1. The van der Waals surface area contributed by atoms with E-state index in [0.29, 0.717) is 22.4 Å². The molecule has 1 amide bonds. The predicted molar refractivity (Wildman–Crippen MR) is 119 cm³/mol. The van der Waals surface area contributed by atoms with Crippen LogP contribution in [-0.4, -0.2) is 28.5 Å². The molecule has 3 aromatic carbocycles. The zero-order valence-corrected chi connectivity index (χ0v) is 16.9. The number of hydrazone groups is 1. The molecule has 0 aliphatic carbocycles. The van der Waals surface area contributed by atoms with E-state index in [1.54, 1.807) is 42.5 Å². The van der Waals surface area contributed by atoms with Gasteiger partial charge in [0.25, 0.3) is 5.56 Å². The third-order valence-corrected chi connectivity index (χ3v) is 5.02. The van der Waals surface area contributed by atoms with E-state index in [1.807, 2.05) is 30.3 Å². The molecule has 32 heavy (non-hydrogen) atoms. The van der Waals surface area contributed by atoms with E-state index in [4.69, 9.17) is 9.47 Å². The number of rotatable bonds is 5. The van der Waals surface area contributed by atoms with Crippen LogP contribution < -0.4 is 20.5 Å². The molecule has 0 atom stereocenters. The smallest absolute Gasteiger partial charge is 0.307 e. The Kier molecular flexibility index (Phi) is 5.09. The van der Waals surface area contributed by atoms with Gasteiger partial charge in [0.2, 0.25) is 12.6 Å². The van der Waals surface area contributed by atoms with Gasteiger partial charge in [0.1, 0.15) is 0 Å². The van der Waals surface area contributed by atoms with E-state index in [9.17, 15) is 9.59 Å². The summed E-state index contributed by atoms with van der Waals surface area (Å²) >= 11 is 0. The largest absolute Gasteiger partial charge is 0.454 e. The van der Waals surface area contributed by atoms with E-state index in [1.165, 1.54) is 10.8 Å². The quantitative estimate of drug-likeness (QED) is 0.391. The van der Waals surface area contributed by atoms with Crippen molar-refractivity contribution in [2.75, 3.05) is 6.79 Å². The minimum absolute atomic E-state index is 0.0135. The van der Waals surface area contributed by atoms with Crippen molar-refractivity contribution in [3.8, 4) is 11.5 Å². The maximum atomic E-state index is 13.1. The van der Waals surface area contributed by atoms with Crippen LogP contribution in [0.15, 0.2) is 82.7 Å². The maximum Gasteiger partial charge on any atom is 0.307 e. The molecule has 158 valence electrons. The van der Waals surface area contributed by atoms with Crippen LogP contribution in [-0.2, 0) is 6.54 Å². The molecule has 5 rings (SSSR count). The van der Waals surface area contributed by atoms with Crippen molar-refractivity contribution in [1.29, 1.82) is 0 Å². The molecule has 1 aliphatic heterocycles. The van der Waals surface area contributed by atoms with Gasteiger partial charge in [-0.15, -0.1) is 0 Å². The first kappa shape index (κ1) is 19.5. The van der Waals surface area contributed by atoms with Crippen LogP contribution in [0.5, 0.6) is 11.5 Å². The van der Waals surface area contributed by atoms with Crippen LogP contribution in [0.4, 0.5) is 0 Å². The van der Waals surface area contributed by atoms with Gasteiger partial charge in [0, 0.05) is 0 Å². The predicted octanol–water partition coefficient (Wildman–Crippen LogP) is 2.94. The number of hydrogen-bond donors (Lipinski definition) is 1. The van der Waals surface area contributed by atoms with E-state index in [0.717, 1.165) is 11.1 Å². The number of hydrogen-bond acceptors (Lipinski definition) is 6. The highest BCUT2D eigenvalue weighted by Crippen LogP contribution is 2.31. The summed E-state index contributed by atoms with van der Waals surface area (Å²) in [5, 5.41) is 4.47. The standard InChI is InChI=1S/C24H18N4O4/c29-23(27-25-13-17-10-11-20-21(12-17)32-15-31-20)22-26-19-9-5-4-8-18(19)24(30)28(22)14-16-6-2-1-3-7-16/h1-13H,14-15H2,(H,27,29)/b25-13-. The Labute approximate surface area is 182 Å². The highest BCUT2D eigenvalue weighted by molar-refractivity contribution is 5.93.